The van der Waals surface area contributed by atoms with E-state index in [4.69, 9.17) is 4.74 Å². The fourth-order valence-electron chi connectivity index (χ4n) is 3.35. The standard InChI is InChI=1S/C18H22N2O4/c1-11-5-3-4-6-15(11)24-10-16(21)19-12-7-8-13-14(9-12)18(23)20(2)17(13)22/h7-9,11,15H,3-6,10H2,1-2H3,(H,19,21). The van der Waals surface area contributed by atoms with Gasteiger partial charge in [-0.2, -0.15) is 0 Å². The molecule has 0 radical (unpaired) electrons. The molecule has 0 spiro atoms. The molecule has 2 unspecified atom stereocenters. The van der Waals surface area contributed by atoms with Gasteiger partial charge in [0.2, 0.25) is 5.91 Å². The maximum Gasteiger partial charge on any atom is 0.261 e. The zero-order chi connectivity index (χ0) is 17.3. The van der Waals surface area contributed by atoms with Gasteiger partial charge in [-0.3, -0.25) is 19.3 Å². The lowest BCUT2D eigenvalue weighted by Gasteiger charge is -2.28. The first kappa shape index (κ1) is 16.6. The third-order valence-electron chi connectivity index (χ3n) is 4.83. The summed E-state index contributed by atoms with van der Waals surface area (Å²) < 4.78 is 5.74. The van der Waals surface area contributed by atoms with E-state index in [-0.39, 0.29) is 30.4 Å². The average molecular weight is 330 g/mol. The Morgan fingerprint density at radius 3 is 2.67 bits per heavy atom. The number of benzene rings is 1. The molecule has 0 aromatic heterocycles. The van der Waals surface area contributed by atoms with Crippen LogP contribution in [0.3, 0.4) is 0 Å². The molecule has 1 aliphatic heterocycles. The molecule has 2 atom stereocenters. The highest BCUT2D eigenvalue weighted by Crippen LogP contribution is 2.27. The van der Waals surface area contributed by atoms with Crippen LogP contribution >= 0.6 is 0 Å². The fourth-order valence-corrected chi connectivity index (χ4v) is 3.35. The van der Waals surface area contributed by atoms with Crippen LogP contribution in [-0.4, -0.2) is 42.4 Å². The van der Waals surface area contributed by atoms with E-state index in [1.807, 2.05) is 0 Å². The van der Waals surface area contributed by atoms with Crippen LogP contribution in [0.2, 0.25) is 0 Å². The van der Waals surface area contributed by atoms with Gasteiger partial charge >= 0.3 is 0 Å². The molecular weight excluding hydrogens is 308 g/mol. The summed E-state index contributed by atoms with van der Waals surface area (Å²) in [5.74, 6) is -0.440. The van der Waals surface area contributed by atoms with Crippen molar-refractivity contribution in [3.05, 3.63) is 29.3 Å². The molecule has 3 amide bonds. The number of hydrogen-bond donors (Lipinski definition) is 1. The van der Waals surface area contributed by atoms with E-state index < -0.39 is 0 Å². The monoisotopic (exact) mass is 330 g/mol. The second kappa shape index (κ2) is 6.73. The summed E-state index contributed by atoms with van der Waals surface area (Å²) in [4.78, 5) is 37.0. The van der Waals surface area contributed by atoms with Crippen molar-refractivity contribution in [3.63, 3.8) is 0 Å². The highest BCUT2D eigenvalue weighted by molar-refractivity contribution is 6.21. The quantitative estimate of drug-likeness (QED) is 0.861. The van der Waals surface area contributed by atoms with Gasteiger partial charge in [0.25, 0.3) is 11.8 Å². The van der Waals surface area contributed by atoms with E-state index in [0.29, 0.717) is 22.7 Å². The Morgan fingerprint density at radius 1 is 1.21 bits per heavy atom. The molecule has 3 rings (SSSR count). The number of hydrogen-bond acceptors (Lipinski definition) is 4. The van der Waals surface area contributed by atoms with Gasteiger partial charge in [0, 0.05) is 12.7 Å². The van der Waals surface area contributed by atoms with Crippen molar-refractivity contribution >= 4 is 23.4 Å². The predicted molar refractivity (Wildman–Crippen MR) is 88.9 cm³/mol. The highest BCUT2D eigenvalue weighted by Gasteiger charge is 2.32. The summed E-state index contributed by atoms with van der Waals surface area (Å²) in [7, 11) is 1.45. The second-order valence-electron chi connectivity index (χ2n) is 6.59. The average Bonchev–Trinajstić information content (AvgIpc) is 2.78. The number of rotatable bonds is 4. The van der Waals surface area contributed by atoms with Gasteiger partial charge in [-0.1, -0.05) is 19.8 Å². The minimum absolute atomic E-state index is 0.00112. The molecule has 1 heterocycles. The summed E-state index contributed by atoms with van der Waals surface area (Å²) >= 11 is 0. The first-order valence-corrected chi connectivity index (χ1v) is 8.35. The van der Waals surface area contributed by atoms with Crippen molar-refractivity contribution in [2.45, 2.75) is 38.7 Å². The van der Waals surface area contributed by atoms with Crippen LogP contribution in [0.4, 0.5) is 5.69 Å². The molecule has 1 saturated carbocycles. The molecule has 6 nitrogen and oxygen atoms in total. The maximum atomic E-state index is 12.1. The molecule has 1 fully saturated rings. The Kier molecular flexibility index (Phi) is 4.66. The highest BCUT2D eigenvalue weighted by atomic mass is 16.5. The largest absolute Gasteiger partial charge is 0.368 e. The first-order valence-electron chi connectivity index (χ1n) is 8.35. The van der Waals surface area contributed by atoms with Crippen molar-refractivity contribution < 1.29 is 19.1 Å². The molecule has 128 valence electrons. The SMILES string of the molecule is CC1CCCCC1OCC(=O)Nc1ccc2c(c1)C(=O)N(C)C2=O. The third kappa shape index (κ3) is 3.19. The number of carbonyl (C=O) groups is 3. The lowest BCUT2D eigenvalue weighted by atomic mass is 9.88. The molecule has 24 heavy (non-hydrogen) atoms. The van der Waals surface area contributed by atoms with Crippen molar-refractivity contribution in [1.29, 1.82) is 0 Å². The minimum atomic E-state index is -0.349. The summed E-state index contributed by atoms with van der Waals surface area (Å²) in [6.45, 7) is 2.15. The zero-order valence-corrected chi connectivity index (χ0v) is 14.0. The van der Waals surface area contributed by atoms with E-state index in [2.05, 4.69) is 12.2 Å². The number of imide groups is 1. The normalized spacial score (nSPS) is 23.3. The van der Waals surface area contributed by atoms with Crippen LogP contribution in [0, 0.1) is 5.92 Å². The van der Waals surface area contributed by atoms with Crippen LogP contribution in [-0.2, 0) is 9.53 Å². The molecule has 1 N–H and O–H groups in total. The third-order valence-corrected chi connectivity index (χ3v) is 4.83. The first-order chi connectivity index (χ1) is 11.5. The number of fused-ring (bicyclic) bond motifs is 1. The zero-order valence-electron chi connectivity index (χ0n) is 14.0. The van der Waals surface area contributed by atoms with E-state index in [9.17, 15) is 14.4 Å². The van der Waals surface area contributed by atoms with E-state index in [0.717, 1.165) is 24.2 Å². The van der Waals surface area contributed by atoms with Crippen molar-refractivity contribution in [2.24, 2.45) is 5.92 Å². The van der Waals surface area contributed by atoms with E-state index in [1.165, 1.54) is 13.5 Å². The Labute approximate surface area is 141 Å². The summed E-state index contributed by atoms with van der Waals surface area (Å²) in [6.07, 6.45) is 4.64. The van der Waals surface area contributed by atoms with E-state index >= 15 is 0 Å². The Bertz CT molecular complexity index is 686. The van der Waals surface area contributed by atoms with Gasteiger partial charge in [-0.05, 0) is 37.0 Å². The molecule has 2 aliphatic rings. The topological polar surface area (TPSA) is 75.7 Å². The summed E-state index contributed by atoms with van der Waals surface area (Å²) in [5.41, 5.74) is 1.19. The van der Waals surface area contributed by atoms with Crippen molar-refractivity contribution in [3.8, 4) is 0 Å². The number of carbonyl (C=O) groups excluding carboxylic acids is 3. The summed E-state index contributed by atoms with van der Waals surface area (Å²) in [5, 5.41) is 2.73. The number of nitrogens with one attached hydrogen (secondary N) is 1. The lowest BCUT2D eigenvalue weighted by molar-refractivity contribution is -0.124. The van der Waals surface area contributed by atoms with Crippen molar-refractivity contribution in [1.82, 2.24) is 4.90 Å². The van der Waals surface area contributed by atoms with Crippen LogP contribution in [0.1, 0.15) is 53.3 Å². The van der Waals surface area contributed by atoms with Crippen LogP contribution in [0.25, 0.3) is 0 Å². The fraction of sp³-hybridized carbons (Fsp3) is 0.500. The molecule has 6 heteroatoms. The maximum absolute atomic E-state index is 12.1. The number of anilines is 1. The molecule has 1 aromatic rings. The number of amides is 3. The molecule has 0 bridgehead atoms. The predicted octanol–water partition coefficient (Wildman–Crippen LogP) is 2.45. The van der Waals surface area contributed by atoms with Gasteiger partial charge in [0.05, 0.1) is 17.2 Å². The minimum Gasteiger partial charge on any atom is -0.368 e. The van der Waals surface area contributed by atoms with Gasteiger partial charge in [0.15, 0.2) is 0 Å². The van der Waals surface area contributed by atoms with Gasteiger partial charge in [-0.25, -0.2) is 0 Å². The molecule has 0 saturated heterocycles. The van der Waals surface area contributed by atoms with Crippen molar-refractivity contribution in [2.75, 3.05) is 19.0 Å². The second-order valence-corrected chi connectivity index (χ2v) is 6.59. The van der Waals surface area contributed by atoms with Gasteiger partial charge in [0.1, 0.15) is 6.61 Å². The summed E-state index contributed by atoms with van der Waals surface area (Å²) in [6, 6.07) is 4.74. The lowest BCUT2D eigenvalue weighted by Crippen LogP contribution is -2.29. The van der Waals surface area contributed by atoms with Gasteiger partial charge < -0.3 is 10.1 Å². The Balaban J connectivity index is 1.59. The van der Waals surface area contributed by atoms with E-state index in [1.54, 1.807) is 18.2 Å². The van der Waals surface area contributed by atoms with Gasteiger partial charge in [-0.15, -0.1) is 0 Å². The molecule has 1 aromatic carbocycles. The smallest absolute Gasteiger partial charge is 0.261 e. The number of ether oxygens (including phenoxy) is 1. The molecule has 1 aliphatic carbocycles. The molecular formula is C18H22N2O4. The van der Waals surface area contributed by atoms with Crippen LogP contribution < -0.4 is 5.32 Å². The number of nitrogens with zero attached hydrogens (tertiary/aromatic N) is 1. The Hall–Kier alpha value is -2.21. The van der Waals surface area contributed by atoms with Crippen LogP contribution in [0.5, 0.6) is 0 Å². The van der Waals surface area contributed by atoms with Crippen LogP contribution in [0.15, 0.2) is 18.2 Å². The Morgan fingerprint density at radius 2 is 1.92 bits per heavy atom.